The van der Waals surface area contributed by atoms with Gasteiger partial charge in [0.25, 0.3) is 0 Å². The molecule has 174 valence electrons. The molecule has 0 N–H and O–H groups in total. The van der Waals surface area contributed by atoms with Gasteiger partial charge in [0.2, 0.25) is 5.91 Å². The third-order valence-electron chi connectivity index (χ3n) is 5.96. The lowest BCUT2D eigenvalue weighted by Crippen LogP contribution is -2.41. The van der Waals surface area contributed by atoms with Crippen LogP contribution in [0.3, 0.4) is 0 Å². The van der Waals surface area contributed by atoms with E-state index in [1.54, 1.807) is 35.2 Å². The fraction of sp³-hybridized carbons (Fsp3) is 0.400. The molecule has 0 spiro atoms. The third-order valence-corrected chi connectivity index (χ3v) is 6.70. The molecule has 0 aromatic heterocycles. The van der Waals surface area contributed by atoms with Crippen molar-refractivity contribution >= 4 is 34.9 Å². The van der Waals surface area contributed by atoms with E-state index in [0.717, 1.165) is 19.3 Å². The van der Waals surface area contributed by atoms with Crippen molar-refractivity contribution in [3.63, 3.8) is 0 Å². The number of Topliss-reactive ketones (excluding diaryl/α,β-unsaturated/α-hetero) is 1. The molecule has 0 radical (unpaired) electrons. The highest BCUT2D eigenvalue weighted by Gasteiger charge is 2.35. The Morgan fingerprint density at radius 1 is 1.00 bits per heavy atom. The lowest BCUT2D eigenvalue weighted by Gasteiger charge is -2.31. The molecule has 1 amide bonds. The minimum Gasteiger partial charge on any atom is -0.493 e. The second-order valence-corrected chi connectivity index (χ2v) is 8.78. The van der Waals surface area contributed by atoms with Crippen molar-refractivity contribution in [2.75, 3.05) is 27.3 Å². The van der Waals surface area contributed by atoms with Crippen LogP contribution in [0.5, 0.6) is 11.5 Å². The number of hydrogen-bond donors (Lipinski definition) is 0. The van der Waals surface area contributed by atoms with Crippen LogP contribution in [0.15, 0.2) is 36.4 Å². The maximum Gasteiger partial charge on any atom is 0.240 e. The molecule has 0 aliphatic carbocycles. The van der Waals surface area contributed by atoms with Gasteiger partial charge in [0, 0.05) is 31.0 Å². The number of rotatable bonds is 8. The number of carbonyl (C=O) groups excluding carboxylic acids is 2. The molecule has 8 heteroatoms. The first-order chi connectivity index (χ1) is 15.9. The van der Waals surface area contributed by atoms with Gasteiger partial charge in [0.05, 0.1) is 30.3 Å². The number of hydrogen-bond acceptors (Lipinski definition) is 5. The molecule has 0 saturated carbocycles. The predicted octanol–water partition coefficient (Wildman–Crippen LogP) is 5.52. The number of benzene rings is 2. The molecule has 33 heavy (non-hydrogen) atoms. The average Bonchev–Trinajstić information content (AvgIpc) is 2.85. The number of nitrogens with zero attached hydrogens (tertiary/aromatic N) is 2. The molecule has 1 saturated heterocycles. The number of amides is 1. The highest BCUT2D eigenvalue weighted by Crippen LogP contribution is 2.37. The normalized spacial score (nSPS) is 15.3. The smallest absolute Gasteiger partial charge is 0.240 e. The van der Waals surface area contributed by atoms with Gasteiger partial charge in [-0.3, -0.25) is 9.59 Å². The first-order valence-corrected chi connectivity index (χ1v) is 11.5. The number of methoxy groups -OCH3 is 2. The van der Waals surface area contributed by atoms with E-state index in [1.165, 1.54) is 20.3 Å². The van der Waals surface area contributed by atoms with Crippen molar-refractivity contribution in [1.29, 1.82) is 5.26 Å². The lowest BCUT2D eigenvalue weighted by molar-refractivity contribution is -0.135. The highest BCUT2D eigenvalue weighted by atomic mass is 35.5. The van der Waals surface area contributed by atoms with Crippen LogP contribution in [0.25, 0.3) is 0 Å². The number of ether oxygens (including phenoxy) is 2. The predicted molar refractivity (Wildman–Crippen MR) is 127 cm³/mol. The van der Waals surface area contributed by atoms with Gasteiger partial charge in [-0.25, -0.2) is 0 Å². The van der Waals surface area contributed by atoms with Crippen LogP contribution >= 0.6 is 23.2 Å². The van der Waals surface area contributed by atoms with Crippen molar-refractivity contribution < 1.29 is 19.1 Å². The topological polar surface area (TPSA) is 79.6 Å². The summed E-state index contributed by atoms with van der Waals surface area (Å²) in [7, 11) is 3.04. The number of nitriles is 1. The zero-order chi connectivity index (χ0) is 24.0. The van der Waals surface area contributed by atoms with Crippen LogP contribution < -0.4 is 9.47 Å². The van der Waals surface area contributed by atoms with Gasteiger partial charge >= 0.3 is 0 Å². The Morgan fingerprint density at radius 2 is 1.70 bits per heavy atom. The summed E-state index contributed by atoms with van der Waals surface area (Å²) < 4.78 is 10.7. The van der Waals surface area contributed by atoms with Crippen LogP contribution in [-0.2, 0) is 4.79 Å². The number of carbonyl (C=O) groups is 2. The molecule has 3 rings (SSSR count). The molecule has 6 nitrogen and oxygen atoms in total. The Hall–Kier alpha value is -2.75. The summed E-state index contributed by atoms with van der Waals surface area (Å²) in [5.74, 6) is -1.20. The summed E-state index contributed by atoms with van der Waals surface area (Å²) in [4.78, 5) is 28.3. The minimum absolute atomic E-state index is 0.0503. The summed E-state index contributed by atoms with van der Waals surface area (Å²) in [6.45, 7) is 1.24. The second-order valence-electron chi connectivity index (χ2n) is 7.97. The first-order valence-electron chi connectivity index (χ1n) is 10.8. The first kappa shape index (κ1) is 24.9. The Morgan fingerprint density at radius 3 is 2.30 bits per heavy atom. The van der Waals surface area contributed by atoms with Crippen LogP contribution in [0.1, 0.15) is 47.5 Å². The average molecular weight is 489 g/mol. The van der Waals surface area contributed by atoms with Crippen LogP contribution in [0.4, 0.5) is 0 Å². The second kappa shape index (κ2) is 11.4. The standard InChI is InChI=1S/C25H26Cl2N2O4/c1-32-23-9-7-16(13-24(23)33-2)18(14-22(30)17-6-8-20(26)21(27)12-17)19(15-28)25(31)29-10-4-3-5-11-29/h6-9,12-13,18-19H,3-5,10-11,14H2,1-2H3/t18-,19+/m0/s1. The molecular weight excluding hydrogens is 463 g/mol. The summed E-state index contributed by atoms with van der Waals surface area (Å²) >= 11 is 12.1. The maximum absolute atomic E-state index is 13.3. The SMILES string of the molecule is COc1ccc([C@H](CC(=O)c2ccc(Cl)c(Cl)c2)[C@@H](C#N)C(=O)N2CCCCC2)cc1OC. The van der Waals surface area contributed by atoms with Crippen molar-refractivity contribution in [3.8, 4) is 17.6 Å². The van der Waals surface area contributed by atoms with E-state index in [1.807, 2.05) is 0 Å². The van der Waals surface area contributed by atoms with Crippen molar-refractivity contribution in [1.82, 2.24) is 4.90 Å². The summed E-state index contributed by atoms with van der Waals surface area (Å²) in [5, 5.41) is 10.7. The van der Waals surface area contributed by atoms with Crippen LogP contribution in [0.2, 0.25) is 10.0 Å². The largest absolute Gasteiger partial charge is 0.493 e. The molecule has 1 aliphatic heterocycles. The Balaban J connectivity index is 1.99. The van der Waals surface area contributed by atoms with Gasteiger partial charge in [-0.15, -0.1) is 0 Å². The van der Waals surface area contributed by atoms with Crippen molar-refractivity contribution in [2.45, 2.75) is 31.6 Å². The molecular formula is C25H26Cl2N2O4. The van der Waals surface area contributed by atoms with E-state index in [2.05, 4.69) is 6.07 Å². The number of ketones is 1. The lowest BCUT2D eigenvalue weighted by atomic mass is 9.81. The van der Waals surface area contributed by atoms with E-state index in [9.17, 15) is 14.9 Å². The van der Waals surface area contributed by atoms with E-state index < -0.39 is 11.8 Å². The zero-order valence-corrected chi connectivity index (χ0v) is 20.2. The molecule has 2 aromatic rings. The quantitative estimate of drug-likeness (QED) is 0.457. The monoisotopic (exact) mass is 488 g/mol. The fourth-order valence-electron chi connectivity index (χ4n) is 4.13. The van der Waals surface area contributed by atoms with Gasteiger partial charge < -0.3 is 14.4 Å². The maximum atomic E-state index is 13.3. The summed E-state index contributed by atoms with van der Waals surface area (Å²) in [5.41, 5.74) is 1.02. The highest BCUT2D eigenvalue weighted by molar-refractivity contribution is 6.42. The van der Waals surface area contributed by atoms with Crippen molar-refractivity contribution in [3.05, 3.63) is 57.6 Å². The van der Waals surface area contributed by atoms with E-state index >= 15 is 0 Å². The zero-order valence-electron chi connectivity index (χ0n) is 18.6. The van der Waals surface area contributed by atoms with E-state index in [4.69, 9.17) is 32.7 Å². The fourth-order valence-corrected chi connectivity index (χ4v) is 4.43. The van der Waals surface area contributed by atoms with Crippen molar-refractivity contribution in [2.24, 2.45) is 5.92 Å². The molecule has 2 atom stereocenters. The number of likely N-dealkylation sites (tertiary alicyclic amines) is 1. The Kier molecular flexibility index (Phi) is 8.60. The molecule has 1 fully saturated rings. The molecule has 1 heterocycles. The van der Waals surface area contributed by atoms with Crippen LogP contribution in [-0.4, -0.2) is 43.9 Å². The van der Waals surface area contributed by atoms with E-state index in [0.29, 0.717) is 40.7 Å². The van der Waals surface area contributed by atoms with E-state index in [-0.39, 0.29) is 23.1 Å². The van der Waals surface area contributed by atoms with Gasteiger partial charge in [-0.1, -0.05) is 29.3 Å². The molecule has 2 aromatic carbocycles. The number of piperidine rings is 1. The Bertz CT molecular complexity index is 1060. The van der Waals surface area contributed by atoms with Crippen LogP contribution in [0, 0.1) is 17.2 Å². The summed E-state index contributed by atoms with van der Waals surface area (Å²) in [6, 6.07) is 12.0. The Labute approximate surface area is 204 Å². The van der Waals surface area contributed by atoms with Gasteiger partial charge in [0.15, 0.2) is 17.3 Å². The molecule has 0 unspecified atom stereocenters. The summed E-state index contributed by atoms with van der Waals surface area (Å²) in [6.07, 6.45) is 2.83. The third kappa shape index (κ3) is 5.79. The van der Waals surface area contributed by atoms with Gasteiger partial charge in [0.1, 0.15) is 5.92 Å². The number of halogens is 2. The molecule has 1 aliphatic rings. The van der Waals surface area contributed by atoms with Gasteiger partial charge in [-0.2, -0.15) is 5.26 Å². The molecule has 0 bridgehead atoms. The minimum atomic E-state index is -1.02. The van der Waals surface area contributed by atoms with Gasteiger partial charge in [-0.05, 0) is 55.2 Å².